The molecule has 0 aliphatic heterocycles. The van der Waals surface area contributed by atoms with E-state index in [2.05, 4.69) is 41.0 Å². The van der Waals surface area contributed by atoms with Gasteiger partial charge in [0.15, 0.2) is 6.29 Å². The molecule has 0 aliphatic carbocycles. The molecular formula is C51H36Cu2N10Na4O19S4+2. The largest absolute Gasteiger partial charge is 2.00 e. The SMILES string of the molecule is Cc1[n-]n(-c2ccc(/C=C/c3ccc(N=C([O-])Nc4ccc(/C=C/c5ccc(-n6[n-]c(C)c(N=Nc7ccccc7C(=O)[O-])c6=O)cc5S(=O)(=O)O)c(S(=O)(=O)O)c4)cc3S(=O)(=O)[O-])c(S(=O)(=O)O)c2)c(=O)c1N=Nc1ccccc1C=O.[Cu+2].[Cu+2].[Na+].[Na+].[Na+].[Na+].[OH-]. The Kier molecular flexibility index (Phi) is 31.7. The van der Waals surface area contributed by atoms with Crippen LogP contribution in [0.2, 0.25) is 0 Å². The third-order valence-electron chi connectivity index (χ3n) is 11.6. The molecule has 0 amide bonds. The Bertz CT molecular complexity index is 4790. The summed E-state index contributed by atoms with van der Waals surface area (Å²) < 4.78 is 145. The molecule has 0 atom stereocenters. The predicted molar refractivity (Wildman–Crippen MR) is 292 cm³/mol. The number of aromatic nitrogens is 4. The first kappa shape index (κ1) is 83.1. The fourth-order valence-electron chi connectivity index (χ4n) is 7.77. The zero-order valence-electron chi connectivity index (χ0n) is 47.1. The molecular weight excluding hydrogens is 1400 g/mol. The number of hydrogen-bond acceptors (Lipinski definition) is 21. The Balaban J connectivity index is 0.00000579. The van der Waals surface area contributed by atoms with Crippen molar-refractivity contribution in [1.82, 2.24) is 19.6 Å². The van der Waals surface area contributed by atoms with Crippen molar-refractivity contribution < 1.29 is 230 Å². The number of anilines is 1. The molecule has 8 rings (SSSR count). The van der Waals surface area contributed by atoms with E-state index in [9.17, 15) is 81.3 Å². The number of amidine groups is 1. The van der Waals surface area contributed by atoms with Crippen LogP contribution < -0.4 is 155 Å². The second-order valence-electron chi connectivity index (χ2n) is 17.2. The average Bonchev–Trinajstić information content (AvgIpc) is 1.65. The number of aromatic carboxylic acids is 1. The van der Waals surface area contributed by atoms with Gasteiger partial charge in [-0.1, -0.05) is 92.7 Å². The van der Waals surface area contributed by atoms with Crippen molar-refractivity contribution >= 4 is 117 Å². The number of aliphatic imine (C=N–C) groups is 1. The Hall–Kier alpha value is -4.93. The van der Waals surface area contributed by atoms with Crippen LogP contribution in [-0.2, 0) is 74.6 Å². The van der Waals surface area contributed by atoms with Crippen LogP contribution in [0, 0.1) is 13.8 Å². The minimum atomic E-state index is -5.39. The number of carboxylic acid groups (broad SMARTS) is 1. The van der Waals surface area contributed by atoms with Gasteiger partial charge in [0.05, 0.1) is 33.9 Å². The van der Waals surface area contributed by atoms with Gasteiger partial charge >= 0.3 is 152 Å². The van der Waals surface area contributed by atoms with Crippen LogP contribution in [0.3, 0.4) is 0 Å². The molecule has 452 valence electrons. The number of nitrogens with zero attached hydrogens (tertiary/aromatic N) is 9. The number of azo groups is 2. The zero-order chi connectivity index (χ0) is 60.3. The van der Waals surface area contributed by atoms with Crippen molar-refractivity contribution in [3.63, 3.8) is 0 Å². The third kappa shape index (κ3) is 20.0. The molecule has 2 aromatic heterocycles. The van der Waals surface area contributed by atoms with E-state index in [-0.39, 0.29) is 242 Å². The monoisotopic (exact) mass is 1440 g/mol. The third-order valence-corrected chi connectivity index (χ3v) is 15.3. The maximum absolute atomic E-state index is 13.4. The molecule has 90 heavy (non-hydrogen) atoms. The van der Waals surface area contributed by atoms with Gasteiger partial charge in [0.25, 0.3) is 41.5 Å². The minimum Gasteiger partial charge on any atom is -0.870 e. The molecule has 6 aromatic carbocycles. The maximum Gasteiger partial charge on any atom is 2.00 e. The number of hydrogen-bond donors (Lipinski definition) is 4. The number of rotatable bonds is 18. The van der Waals surface area contributed by atoms with Crippen molar-refractivity contribution in [2.45, 2.75) is 33.4 Å². The molecule has 0 fully saturated rings. The Morgan fingerprint density at radius 3 is 1.38 bits per heavy atom. The molecule has 8 aromatic rings. The summed E-state index contributed by atoms with van der Waals surface area (Å²) in [6.07, 6.45) is 4.57. The summed E-state index contributed by atoms with van der Waals surface area (Å²) in [6.45, 7) is 2.77. The molecule has 0 bridgehead atoms. The number of aldehydes is 1. The molecule has 39 heteroatoms. The molecule has 2 radical (unpaired) electrons. The van der Waals surface area contributed by atoms with Crippen molar-refractivity contribution in [3.8, 4) is 11.4 Å². The Morgan fingerprint density at radius 1 is 0.533 bits per heavy atom. The summed E-state index contributed by atoms with van der Waals surface area (Å²) in [5, 5.41) is 50.5. The predicted octanol–water partition coefficient (Wildman–Crippen LogP) is -7.19. The molecule has 5 N–H and O–H groups in total. The Morgan fingerprint density at radius 2 is 0.933 bits per heavy atom. The number of carboxylic acids is 1. The van der Waals surface area contributed by atoms with E-state index >= 15 is 0 Å². The molecule has 2 heterocycles. The zero-order valence-corrected chi connectivity index (χ0v) is 60.3. The Labute approximate surface area is 620 Å². The van der Waals surface area contributed by atoms with Crippen LogP contribution >= 0.6 is 0 Å². The number of benzene rings is 6. The first-order chi connectivity index (χ1) is 39.0. The minimum absolute atomic E-state index is 0. The van der Waals surface area contributed by atoms with Crippen molar-refractivity contribution in [2.75, 3.05) is 5.32 Å². The first-order valence-electron chi connectivity index (χ1n) is 23.1. The van der Waals surface area contributed by atoms with E-state index in [0.717, 1.165) is 88.3 Å². The maximum atomic E-state index is 13.4. The van der Waals surface area contributed by atoms with E-state index in [1.54, 1.807) is 12.1 Å². The normalized spacial score (nSPS) is 11.8. The number of carbonyl (C=O) groups excluding carboxylic acids is 2. The van der Waals surface area contributed by atoms with Gasteiger partial charge in [0, 0.05) is 28.2 Å². The van der Waals surface area contributed by atoms with Gasteiger partial charge < -0.3 is 49.9 Å². The summed E-state index contributed by atoms with van der Waals surface area (Å²) in [6, 6.07) is 22.3. The number of nitrogens with one attached hydrogen (secondary N) is 1. The van der Waals surface area contributed by atoms with E-state index in [0.29, 0.717) is 12.4 Å². The van der Waals surface area contributed by atoms with Crippen LogP contribution in [0.4, 0.5) is 34.1 Å². The van der Waals surface area contributed by atoms with E-state index in [1.807, 2.05) is 0 Å². The van der Waals surface area contributed by atoms with Gasteiger partial charge in [-0.25, -0.2) is 13.4 Å². The van der Waals surface area contributed by atoms with Crippen LogP contribution in [0.15, 0.2) is 176 Å². The van der Waals surface area contributed by atoms with Gasteiger partial charge in [-0.2, -0.15) is 25.3 Å². The van der Waals surface area contributed by atoms with Crippen molar-refractivity contribution in [3.05, 3.63) is 187 Å². The van der Waals surface area contributed by atoms with Gasteiger partial charge in [0.1, 0.15) is 36.2 Å². The first-order valence-corrected chi connectivity index (χ1v) is 28.8. The fourth-order valence-corrected chi connectivity index (χ4v) is 10.6. The van der Waals surface area contributed by atoms with Crippen LogP contribution in [0.1, 0.15) is 54.4 Å². The quantitative estimate of drug-likeness (QED) is 0.0118. The van der Waals surface area contributed by atoms with Crippen LogP contribution in [-0.4, -0.2) is 85.0 Å². The fraction of sp³-hybridized carbons (Fsp3) is 0.0392. The van der Waals surface area contributed by atoms with Gasteiger partial charge in [0.2, 0.25) is 0 Å². The number of aryl methyl sites for hydroxylation is 2. The summed E-state index contributed by atoms with van der Waals surface area (Å²) in [7, 11) is -20.7. The molecule has 0 unspecified atom stereocenters. The second-order valence-corrected chi connectivity index (χ2v) is 22.7. The summed E-state index contributed by atoms with van der Waals surface area (Å²) in [4.78, 5) is 49.9. The van der Waals surface area contributed by atoms with Crippen LogP contribution in [0.5, 0.6) is 0 Å². The molecule has 0 saturated heterocycles. The van der Waals surface area contributed by atoms with Crippen LogP contribution in [0.25, 0.3) is 35.7 Å². The van der Waals surface area contributed by atoms with Crippen molar-refractivity contribution in [1.29, 1.82) is 0 Å². The molecule has 0 aliphatic rings. The van der Waals surface area contributed by atoms with E-state index in [4.69, 9.17) is 0 Å². The summed E-state index contributed by atoms with van der Waals surface area (Å²) in [5.41, 5.74) is -4.86. The van der Waals surface area contributed by atoms with Gasteiger partial charge in [-0.3, -0.25) is 28.0 Å². The van der Waals surface area contributed by atoms with Crippen molar-refractivity contribution in [2.24, 2.45) is 25.4 Å². The smallest absolute Gasteiger partial charge is 0.870 e. The summed E-state index contributed by atoms with van der Waals surface area (Å²) in [5.74, 6) is -1.56. The van der Waals surface area contributed by atoms with E-state index < -0.39 is 88.9 Å². The van der Waals surface area contributed by atoms with Gasteiger partial charge in [-0.15, -0.1) is 31.8 Å². The number of carbonyl (C=O) groups is 2. The van der Waals surface area contributed by atoms with E-state index in [1.165, 1.54) is 62.4 Å². The van der Waals surface area contributed by atoms with Gasteiger partial charge in [-0.05, 0) is 89.0 Å². The topological polar surface area (TPSA) is 477 Å². The molecule has 0 saturated carbocycles. The summed E-state index contributed by atoms with van der Waals surface area (Å²) >= 11 is 0. The molecule has 29 nitrogen and oxygen atoms in total. The standard InChI is InChI=1S/C51H40N10O18S4.2Cu.4Na.H2O/c1-28-46(56-54-40-9-5-3-7-34(40)27-62)48(63)60(58-28)37-21-17-32(44(25-37)82(74,75)76)13-11-30-15-19-35(23-42(30)80(68,69)70)52-51(67)53-36-20-16-31(43(24-36)81(71,72)73)12-14-33-18-22-38(26-45(33)83(77,78)79)61-49(64)47(29(2)59-61)57-55-41-10-6-4-8-39(41)50(65)66;;;;;;;/h3-27H,1-2H3,(H9,52,53,54,55,58,59,62,63,64,65,66,67,68,69,70,71,72,73,74,75,76,77,78,79);;;;;;;1H2/q;2*+2;4*+1;/p-6/b13-11+,14-12+;;;;;;;. The molecule has 0 spiro atoms. The average molecular weight is 1440 g/mol. The second kappa shape index (κ2) is 34.3.